The third kappa shape index (κ3) is 3.84. The Morgan fingerprint density at radius 1 is 1.29 bits per heavy atom. The second-order valence-electron chi connectivity index (χ2n) is 5.73. The fourth-order valence-electron chi connectivity index (χ4n) is 2.40. The molecule has 0 aromatic carbocycles. The van der Waals surface area contributed by atoms with E-state index in [1.165, 1.54) is 25.7 Å². The van der Waals surface area contributed by atoms with Crippen molar-refractivity contribution >= 4 is 39.0 Å². The number of alkyl halides is 3. The lowest BCUT2D eigenvalue weighted by atomic mass is 10.2. The second-order valence-corrected chi connectivity index (χ2v) is 6.73. The molecular formula is C17H15F3N4O3S. The maximum atomic E-state index is 12.8. The van der Waals surface area contributed by atoms with Gasteiger partial charge in [-0.25, -0.2) is 19.7 Å². The zero-order valence-corrected chi connectivity index (χ0v) is 15.8. The molecule has 0 bridgehead atoms. The Morgan fingerprint density at radius 3 is 2.71 bits per heavy atom. The van der Waals surface area contributed by atoms with Gasteiger partial charge in [0.15, 0.2) is 6.10 Å². The number of rotatable bonds is 5. The summed E-state index contributed by atoms with van der Waals surface area (Å²) in [6.07, 6.45) is -3.96. The van der Waals surface area contributed by atoms with Crippen LogP contribution in [0.25, 0.3) is 10.2 Å². The molecule has 28 heavy (non-hydrogen) atoms. The summed E-state index contributed by atoms with van der Waals surface area (Å²) >= 11 is 1.14. The summed E-state index contributed by atoms with van der Waals surface area (Å²) in [6.45, 7) is 2.61. The number of aryl methyl sites for hydroxylation is 1. The van der Waals surface area contributed by atoms with Crippen LogP contribution in [0.15, 0.2) is 24.7 Å². The van der Waals surface area contributed by atoms with Gasteiger partial charge in [-0.1, -0.05) is 0 Å². The first-order valence-corrected chi connectivity index (χ1v) is 8.81. The van der Waals surface area contributed by atoms with E-state index in [0.29, 0.717) is 26.5 Å². The third-order valence-corrected chi connectivity index (χ3v) is 5.05. The Hall–Kier alpha value is -2.95. The van der Waals surface area contributed by atoms with Crippen LogP contribution >= 0.6 is 11.3 Å². The summed E-state index contributed by atoms with van der Waals surface area (Å²) in [6, 6.07) is 3.06. The van der Waals surface area contributed by atoms with Crippen LogP contribution in [0.5, 0.6) is 5.88 Å². The molecule has 3 aromatic rings. The first-order chi connectivity index (χ1) is 13.2. The summed E-state index contributed by atoms with van der Waals surface area (Å²) in [5.41, 5.74) is 0.800. The SMILES string of the molecule is COC(=O)c1sc2ncnc(Nc3cccnc3OC(C)C(F)(F)F)c2c1C. The summed E-state index contributed by atoms with van der Waals surface area (Å²) in [5, 5.41) is 3.49. The quantitative estimate of drug-likeness (QED) is 0.627. The van der Waals surface area contributed by atoms with Gasteiger partial charge in [-0.2, -0.15) is 13.2 Å². The molecule has 7 nitrogen and oxygen atoms in total. The van der Waals surface area contributed by atoms with Gasteiger partial charge < -0.3 is 14.8 Å². The van der Waals surface area contributed by atoms with Gasteiger partial charge in [-0.3, -0.25) is 0 Å². The van der Waals surface area contributed by atoms with Crippen LogP contribution in [-0.2, 0) is 4.74 Å². The van der Waals surface area contributed by atoms with Crippen molar-refractivity contribution in [1.29, 1.82) is 0 Å². The summed E-state index contributed by atoms with van der Waals surface area (Å²) < 4.78 is 48.2. The zero-order valence-electron chi connectivity index (χ0n) is 15.0. The number of methoxy groups -OCH3 is 1. The molecule has 0 fully saturated rings. The Bertz CT molecular complexity index is 1020. The number of nitrogens with zero attached hydrogens (tertiary/aromatic N) is 3. The molecule has 0 saturated heterocycles. The minimum Gasteiger partial charge on any atom is -0.465 e. The monoisotopic (exact) mass is 412 g/mol. The Balaban J connectivity index is 2.00. The topological polar surface area (TPSA) is 86.2 Å². The van der Waals surface area contributed by atoms with E-state index >= 15 is 0 Å². The number of nitrogens with one attached hydrogen (secondary N) is 1. The number of fused-ring (bicyclic) bond motifs is 1. The zero-order chi connectivity index (χ0) is 20.5. The minimum absolute atomic E-state index is 0.198. The number of aromatic nitrogens is 3. The number of esters is 1. The van der Waals surface area contributed by atoms with Gasteiger partial charge in [0, 0.05) is 6.20 Å². The van der Waals surface area contributed by atoms with E-state index < -0.39 is 18.2 Å². The van der Waals surface area contributed by atoms with E-state index in [-0.39, 0.29) is 11.6 Å². The number of anilines is 2. The highest BCUT2D eigenvalue weighted by atomic mass is 32.1. The van der Waals surface area contributed by atoms with Crippen LogP contribution in [0.1, 0.15) is 22.2 Å². The molecule has 0 aliphatic rings. The number of hydrogen-bond donors (Lipinski definition) is 1. The van der Waals surface area contributed by atoms with Crippen LogP contribution in [-0.4, -0.2) is 40.3 Å². The molecule has 0 saturated carbocycles. The van der Waals surface area contributed by atoms with Crippen molar-refractivity contribution in [2.75, 3.05) is 12.4 Å². The van der Waals surface area contributed by atoms with Crippen molar-refractivity contribution in [3.63, 3.8) is 0 Å². The van der Waals surface area contributed by atoms with Gasteiger partial charge in [0.05, 0.1) is 12.5 Å². The Morgan fingerprint density at radius 2 is 2.04 bits per heavy atom. The molecule has 148 valence electrons. The number of carbonyl (C=O) groups excluding carboxylic acids is 1. The first-order valence-electron chi connectivity index (χ1n) is 8.00. The first kappa shape index (κ1) is 19.8. The number of halogens is 3. The van der Waals surface area contributed by atoms with E-state index in [0.717, 1.165) is 18.3 Å². The van der Waals surface area contributed by atoms with Gasteiger partial charge in [0.25, 0.3) is 0 Å². The van der Waals surface area contributed by atoms with Crippen molar-refractivity contribution in [2.45, 2.75) is 26.1 Å². The maximum absolute atomic E-state index is 12.8. The molecule has 3 heterocycles. The number of carbonyl (C=O) groups is 1. The molecule has 0 aliphatic heterocycles. The highest BCUT2D eigenvalue weighted by Crippen LogP contribution is 2.36. The standard InChI is InChI=1S/C17H15F3N4O3S/c1-8-11-13(22-7-23-15(11)28-12(8)16(25)26-3)24-10-5-4-6-21-14(10)27-9(2)17(18,19)20/h4-7,9H,1-3H3,(H,22,23,24). The number of hydrogen-bond acceptors (Lipinski definition) is 8. The summed E-state index contributed by atoms with van der Waals surface area (Å²) in [4.78, 5) is 25.0. The van der Waals surface area contributed by atoms with E-state index in [1.54, 1.807) is 13.0 Å². The molecule has 0 aliphatic carbocycles. The highest BCUT2D eigenvalue weighted by Gasteiger charge is 2.38. The normalized spacial score (nSPS) is 12.6. The van der Waals surface area contributed by atoms with Gasteiger partial charge in [0.2, 0.25) is 5.88 Å². The molecule has 11 heteroatoms. The third-order valence-electron chi connectivity index (χ3n) is 3.87. The summed E-state index contributed by atoms with van der Waals surface area (Å²) in [5.74, 6) is -0.414. The lowest BCUT2D eigenvalue weighted by Gasteiger charge is -2.19. The maximum Gasteiger partial charge on any atom is 0.425 e. The minimum atomic E-state index is -4.53. The van der Waals surface area contributed by atoms with Crippen LogP contribution in [0.4, 0.5) is 24.7 Å². The molecule has 3 aromatic heterocycles. The number of thiophene rings is 1. The average molecular weight is 412 g/mol. The largest absolute Gasteiger partial charge is 0.465 e. The van der Waals surface area contributed by atoms with Crippen molar-refractivity contribution < 1.29 is 27.4 Å². The molecule has 0 amide bonds. The molecule has 1 N–H and O–H groups in total. The van der Waals surface area contributed by atoms with E-state index in [1.807, 2.05) is 0 Å². The number of pyridine rings is 1. The lowest BCUT2D eigenvalue weighted by molar-refractivity contribution is -0.189. The molecule has 1 unspecified atom stereocenters. The van der Waals surface area contributed by atoms with Gasteiger partial charge in [0.1, 0.15) is 27.5 Å². The summed E-state index contributed by atoms with van der Waals surface area (Å²) in [7, 11) is 1.28. The van der Waals surface area contributed by atoms with E-state index in [9.17, 15) is 18.0 Å². The van der Waals surface area contributed by atoms with Crippen molar-refractivity contribution in [3.8, 4) is 5.88 Å². The Kier molecular flexibility index (Phi) is 5.36. The second kappa shape index (κ2) is 7.58. The number of ether oxygens (including phenoxy) is 2. The highest BCUT2D eigenvalue weighted by molar-refractivity contribution is 7.20. The predicted molar refractivity (Wildman–Crippen MR) is 97.2 cm³/mol. The van der Waals surface area contributed by atoms with Crippen molar-refractivity contribution in [1.82, 2.24) is 15.0 Å². The molecule has 1 atom stereocenters. The average Bonchev–Trinajstić information content (AvgIpc) is 2.99. The predicted octanol–water partition coefficient (Wildman–Crippen LogP) is 4.25. The molecule has 0 radical (unpaired) electrons. The van der Waals surface area contributed by atoms with E-state index in [2.05, 4.69) is 20.3 Å². The van der Waals surface area contributed by atoms with E-state index in [4.69, 9.17) is 9.47 Å². The molecular weight excluding hydrogens is 397 g/mol. The van der Waals surface area contributed by atoms with Gasteiger partial charge in [-0.05, 0) is 31.5 Å². The van der Waals surface area contributed by atoms with Crippen molar-refractivity contribution in [3.05, 3.63) is 35.1 Å². The fraction of sp³-hybridized carbons (Fsp3) is 0.294. The Labute approximate surface area is 161 Å². The molecule has 0 spiro atoms. The molecule has 3 rings (SSSR count). The van der Waals surface area contributed by atoms with Crippen LogP contribution in [0.2, 0.25) is 0 Å². The smallest absolute Gasteiger partial charge is 0.425 e. The lowest BCUT2D eigenvalue weighted by Crippen LogP contribution is -2.31. The van der Waals surface area contributed by atoms with Gasteiger partial charge >= 0.3 is 12.1 Å². The van der Waals surface area contributed by atoms with Crippen molar-refractivity contribution in [2.24, 2.45) is 0 Å². The van der Waals surface area contributed by atoms with Crippen LogP contribution in [0.3, 0.4) is 0 Å². The van der Waals surface area contributed by atoms with Gasteiger partial charge in [-0.15, -0.1) is 11.3 Å². The van der Waals surface area contributed by atoms with Crippen LogP contribution in [0, 0.1) is 6.92 Å². The fourth-order valence-corrected chi connectivity index (χ4v) is 3.46. The van der Waals surface area contributed by atoms with Crippen LogP contribution < -0.4 is 10.1 Å².